The summed E-state index contributed by atoms with van der Waals surface area (Å²) in [4.78, 5) is 29.3. The first-order valence-corrected chi connectivity index (χ1v) is 12.9. The van der Waals surface area contributed by atoms with Crippen molar-refractivity contribution in [3.63, 3.8) is 0 Å². The number of nitrogens with zero attached hydrogens (tertiary/aromatic N) is 1. The molecule has 1 fully saturated rings. The first-order valence-electron chi connectivity index (χ1n) is 11.0. The summed E-state index contributed by atoms with van der Waals surface area (Å²) < 4.78 is 12.8. The fraction of sp³-hybridized carbons (Fsp3) is 0.148. The second-order valence-corrected chi connectivity index (χ2v) is 9.88. The molecule has 0 saturated carbocycles. The number of rotatable bonds is 7. The quantitative estimate of drug-likeness (QED) is 0.268. The lowest BCUT2D eigenvalue weighted by atomic mass is 10.1. The van der Waals surface area contributed by atoms with Crippen LogP contribution in [0.5, 0.6) is 11.5 Å². The number of carbonyl (C=O) groups is 2. The predicted octanol–water partition coefficient (Wildman–Crippen LogP) is 5.98. The van der Waals surface area contributed by atoms with Crippen LogP contribution in [0.15, 0.2) is 76.6 Å². The smallest absolute Gasteiger partial charge is 0.279 e. The van der Waals surface area contributed by atoms with E-state index in [1.54, 1.807) is 30.3 Å². The van der Waals surface area contributed by atoms with E-state index in [9.17, 15) is 9.59 Å². The van der Waals surface area contributed by atoms with Gasteiger partial charge in [-0.2, -0.15) is 4.99 Å². The molecule has 0 radical (unpaired) electrons. The Balaban J connectivity index is 1.53. The van der Waals surface area contributed by atoms with E-state index in [4.69, 9.17) is 9.47 Å². The molecule has 0 spiro atoms. The van der Waals surface area contributed by atoms with Crippen molar-refractivity contribution in [3.05, 3.63) is 97.5 Å². The summed E-state index contributed by atoms with van der Waals surface area (Å²) in [6, 6.07) is 20.7. The van der Waals surface area contributed by atoms with Crippen LogP contribution in [0.25, 0.3) is 6.08 Å². The lowest BCUT2D eigenvalue weighted by molar-refractivity contribution is -0.115. The molecule has 178 valence electrons. The Bertz CT molecular complexity index is 1300. The van der Waals surface area contributed by atoms with Gasteiger partial charge in [-0.1, -0.05) is 48.0 Å². The summed E-state index contributed by atoms with van der Waals surface area (Å²) in [6.07, 6.45) is 1.75. The molecule has 1 N–H and O–H groups in total. The van der Waals surface area contributed by atoms with Gasteiger partial charge >= 0.3 is 0 Å². The molecule has 1 saturated heterocycles. The number of hydrogen-bond acceptors (Lipinski definition) is 5. The molecule has 2 amide bonds. The molecule has 1 heterocycles. The molecule has 0 aromatic heterocycles. The van der Waals surface area contributed by atoms with Crippen LogP contribution in [-0.2, 0) is 11.4 Å². The van der Waals surface area contributed by atoms with Gasteiger partial charge in [-0.05, 0) is 89.7 Å². The van der Waals surface area contributed by atoms with Crippen molar-refractivity contribution in [2.24, 2.45) is 4.99 Å². The fourth-order valence-electron chi connectivity index (χ4n) is 3.28. The highest BCUT2D eigenvalue weighted by Gasteiger charge is 2.25. The summed E-state index contributed by atoms with van der Waals surface area (Å²) in [5, 5.41) is 2.92. The summed E-state index contributed by atoms with van der Waals surface area (Å²) in [5.41, 5.74) is 3.51. The molecule has 0 bridgehead atoms. The van der Waals surface area contributed by atoms with Crippen molar-refractivity contribution in [1.29, 1.82) is 0 Å². The Morgan fingerprint density at radius 2 is 1.83 bits per heavy atom. The molecule has 35 heavy (non-hydrogen) atoms. The van der Waals surface area contributed by atoms with Gasteiger partial charge < -0.3 is 14.8 Å². The summed E-state index contributed by atoms with van der Waals surface area (Å²) in [5.74, 6) is 0.560. The third kappa shape index (κ3) is 6.52. The van der Waals surface area contributed by atoms with Gasteiger partial charge in [-0.25, -0.2) is 0 Å². The van der Waals surface area contributed by atoms with Gasteiger partial charge in [0.05, 0.1) is 15.1 Å². The molecule has 3 aromatic carbocycles. The molecule has 8 heteroatoms. The zero-order valence-corrected chi connectivity index (χ0v) is 22.2. The van der Waals surface area contributed by atoms with Gasteiger partial charge in [-0.3, -0.25) is 9.59 Å². The summed E-state index contributed by atoms with van der Waals surface area (Å²) in [6.45, 7) is 4.86. The van der Waals surface area contributed by atoms with Crippen LogP contribution in [0, 0.1) is 10.5 Å². The third-order valence-electron chi connectivity index (χ3n) is 5.01. The van der Waals surface area contributed by atoms with E-state index >= 15 is 0 Å². The largest absolute Gasteiger partial charge is 0.490 e. The van der Waals surface area contributed by atoms with E-state index in [2.05, 4.69) is 45.0 Å². The molecular weight excluding hydrogens is 575 g/mol. The Morgan fingerprint density at radius 3 is 2.54 bits per heavy atom. The maximum atomic E-state index is 12.5. The van der Waals surface area contributed by atoms with Crippen LogP contribution >= 0.6 is 34.4 Å². The van der Waals surface area contributed by atoms with Crippen molar-refractivity contribution in [1.82, 2.24) is 5.32 Å². The zero-order chi connectivity index (χ0) is 24.8. The lowest BCUT2D eigenvalue weighted by Crippen LogP contribution is -2.20. The number of amidine groups is 1. The van der Waals surface area contributed by atoms with Crippen molar-refractivity contribution >= 4 is 57.4 Å². The van der Waals surface area contributed by atoms with Crippen molar-refractivity contribution in [2.75, 3.05) is 6.61 Å². The molecule has 1 aliphatic heterocycles. The van der Waals surface area contributed by atoms with Crippen LogP contribution in [0.1, 0.15) is 34.0 Å². The highest BCUT2D eigenvalue weighted by Crippen LogP contribution is 2.36. The van der Waals surface area contributed by atoms with Crippen molar-refractivity contribution in [2.45, 2.75) is 20.5 Å². The van der Waals surface area contributed by atoms with Crippen LogP contribution in [0.4, 0.5) is 0 Å². The first kappa shape index (κ1) is 25.0. The number of thioether (sulfide) groups is 1. The minimum Gasteiger partial charge on any atom is -0.490 e. The molecular formula is C27H23IN2O4S. The molecule has 0 unspecified atom stereocenters. The highest BCUT2D eigenvalue weighted by molar-refractivity contribution is 14.1. The number of carbonyl (C=O) groups excluding carboxylic acids is 2. The maximum absolute atomic E-state index is 12.5. The molecule has 6 nitrogen and oxygen atoms in total. The maximum Gasteiger partial charge on any atom is 0.279 e. The summed E-state index contributed by atoms with van der Waals surface area (Å²) >= 11 is 3.34. The SMILES string of the molecule is CCOc1cc(/C=C2\SC(=NC(=O)c3ccccc3)NC2=O)cc(I)c1OCc1ccc(C)cc1. The first-order chi connectivity index (χ1) is 16.9. The third-order valence-corrected chi connectivity index (χ3v) is 6.72. The van der Waals surface area contributed by atoms with Crippen LogP contribution < -0.4 is 14.8 Å². The standard InChI is InChI=1S/C27H23IN2O4S/c1-3-33-22-14-19(13-21(28)24(22)34-16-18-11-9-17(2)10-12-18)15-23-26(32)30-27(35-23)29-25(31)20-7-5-4-6-8-20/h4-15H,3,16H2,1-2H3,(H,29,30,31,32)/b23-15-. The summed E-state index contributed by atoms with van der Waals surface area (Å²) in [7, 11) is 0. The molecule has 4 rings (SSSR count). The fourth-order valence-corrected chi connectivity index (χ4v) is 4.88. The normalized spacial score (nSPS) is 15.3. The predicted molar refractivity (Wildman–Crippen MR) is 148 cm³/mol. The Hall–Kier alpha value is -3.11. The number of benzene rings is 3. The number of ether oxygens (including phenoxy) is 2. The Kier molecular flexibility index (Phi) is 8.25. The zero-order valence-electron chi connectivity index (χ0n) is 19.2. The van der Waals surface area contributed by atoms with Gasteiger partial charge in [0.1, 0.15) is 6.61 Å². The Morgan fingerprint density at radius 1 is 1.09 bits per heavy atom. The van der Waals surface area contributed by atoms with Gasteiger partial charge in [0.15, 0.2) is 16.7 Å². The number of aryl methyl sites for hydroxylation is 1. The second kappa shape index (κ2) is 11.5. The van der Waals surface area contributed by atoms with Crippen LogP contribution in [0.2, 0.25) is 0 Å². The lowest BCUT2D eigenvalue weighted by Gasteiger charge is -2.15. The number of aliphatic imine (C=N–C) groups is 1. The minimum absolute atomic E-state index is 0.257. The number of halogens is 1. The van der Waals surface area contributed by atoms with E-state index in [0.29, 0.717) is 35.2 Å². The minimum atomic E-state index is -0.405. The van der Waals surface area contributed by atoms with E-state index in [1.165, 1.54) is 5.56 Å². The van der Waals surface area contributed by atoms with E-state index in [0.717, 1.165) is 26.5 Å². The van der Waals surface area contributed by atoms with Gasteiger partial charge in [0, 0.05) is 5.56 Å². The second-order valence-electron chi connectivity index (χ2n) is 7.69. The van der Waals surface area contributed by atoms with Gasteiger partial charge in [0.25, 0.3) is 11.8 Å². The van der Waals surface area contributed by atoms with E-state index in [1.807, 2.05) is 44.2 Å². The Labute approximate surface area is 222 Å². The highest BCUT2D eigenvalue weighted by atomic mass is 127. The number of nitrogens with one attached hydrogen (secondary N) is 1. The number of hydrogen-bond donors (Lipinski definition) is 1. The average molecular weight is 598 g/mol. The van der Waals surface area contributed by atoms with Crippen molar-refractivity contribution < 1.29 is 19.1 Å². The molecule has 3 aromatic rings. The number of amides is 2. The molecule has 0 atom stereocenters. The molecule has 1 aliphatic rings. The average Bonchev–Trinajstić information content (AvgIpc) is 3.18. The topological polar surface area (TPSA) is 77.0 Å². The van der Waals surface area contributed by atoms with Crippen molar-refractivity contribution in [3.8, 4) is 11.5 Å². The van der Waals surface area contributed by atoms with Gasteiger partial charge in [-0.15, -0.1) is 0 Å². The van der Waals surface area contributed by atoms with Crippen LogP contribution in [-0.4, -0.2) is 23.6 Å². The molecule has 0 aliphatic carbocycles. The van der Waals surface area contributed by atoms with E-state index in [-0.39, 0.29) is 11.1 Å². The van der Waals surface area contributed by atoms with Crippen LogP contribution in [0.3, 0.4) is 0 Å². The monoisotopic (exact) mass is 598 g/mol. The van der Waals surface area contributed by atoms with Gasteiger partial charge in [0.2, 0.25) is 0 Å². The van der Waals surface area contributed by atoms with E-state index < -0.39 is 5.91 Å².